The highest BCUT2D eigenvalue weighted by Gasteiger charge is 2.17. The Hall–Kier alpha value is -4.14. The van der Waals surface area contributed by atoms with Crippen molar-refractivity contribution in [1.29, 1.82) is 0 Å². The second kappa shape index (κ2) is 8.31. The minimum absolute atomic E-state index is 0.0968. The summed E-state index contributed by atoms with van der Waals surface area (Å²) in [4.78, 5) is 35.2. The lowest BCUT2D eigenvalue weighted by Gasteiger charge is -2.20. The number of hydrogen-bond acceptors (Lipinski definition) is 4. The number of anilines is 1. The van der Waals surface area contributed by atoms with Crippen LogP contribution in [0.3, 0.4) is 0 Å². The summed E-state index contributed by atoms with van der Waals surface area (Å²) in [5.74, 6) is -0.930. The first-order valence-corrected chi connectivity index (χ1v) is 9.53. The van der Waals surface area contributed by atoms with Gasteiger partial charge < -0.3 is 22.1 Å². The Morgan fingerprint density at radius 1 is 0.968 bits per heavy atom. The van der Waals surface area contributed by atoms with Gasteiger partial charge in [0.1, 0.15) is 0 Å². The molecule has 0 aliphatic heterocycles. The predicted octanol–water partition coefficient (Wildman–Crippen LogP) is 2.66. The molecule has 0 aliphatic carbocycles. The SMILES string of the molecule is CC(C)(C)NC(=O)c1cccc(-c2ccc(-n3cc(NC(N)=O)c(C(N)=O)n3)cc2)c1. The molecule has 1 heterocycles. The molecule has 1 aromatic heterocycles. The standard InChI is InChI=1S/C22H24N6O3/c1-22(2,3)26-20(30)15-6-4-5-14(11-15)13-7-9-16(10-8-13)28-12-17(25-21(24)31)18(27-28)19(23)29/h4-12H,1-3H3,(H2,23,29)(H,26,30)(H3,24,25,31). The van der Waals surface area contributed by atoms with Crippen LogP contribution in [0.5, 0.6) is 0 Å². The van der Waals surface area contributed by atoms with Crippen molar-refractivity contribution in [2.24, 2.45) is 11.5 Å². The minimum atomic E-state index is -0.826. The van der Waals surface area contributed by atoms with Crippen LogP contribution in [0.2, 0.25) is 0 Å². The molecule has 2 aromatic carbocycles. The van der Waals surface area contributed by atoms with Gasteiger partial charge in [-0.05, 0) is 56.2 Å². The molecule has 0 radical (unpaired) electrons. The number of hydrogen-bond donors (Lipinski definition) is 4. The fourth-order valence-electron chi connectivity index (χ4n) is 2.97. The molecule has 0 atom stereocenters. The lowest BCUT2D eigenvalue weighted by molar-refractivity contribution is 0.0918. The van der Waals surface area contributed by atoms with Crippen LogP contribution < -0.4 is 22.1 Å². The second-order valence-corrected chi connectivity index (χ2v) is 8.02. The molecular formula is C22H24N6O3. The number of carbonyl (C=O) groups is 3. The minimum Gasteiger partial charge on any atom is -0.364 e. The van der Waals surface area contributed by atoms with E-state index in [0.29, 0.717) is 11.3 Å². The maximum absolute atomic E-state index is 12.4. The Morgan fingerprint density at radius 2 is 1.65 bits per heavy atom. The van der Waals surface area contributed by atoms with Crippen LogP contribution in [0, 0.1) is 0 Å². The summed E-state index contributed by atoms with van der Waals surface area (Å²) in [5, 5.41) is 9.41. The van der Waals surface area contributed by atoms with Crippen molar-refractivity contribution in [2.75, 3.05) is 5.32 Å². The van der Waals surface area contributed by atoms with Gasteiger partial charge in [0.2, 0.25) is 0 Å². The number of rotatable bonds is 5. The molecular weight excluding hydrogens is 396 g/mol. The van der Waals surface area contributed by atoms with Gasteiger partial charge >= 0.3 is 6.03 Å². The fourth-order valence-corrected chi connectivity index (χ4v) is 2.97. The third-order valence-electron chi connectivity index (χ3n) is 4.28. The predicted molar refractivity (Wildman–Crippen MR) is 118 cm³/mol. The van der Waals surface area contributed by atoms with Gasteiger partial charge in [0.25, 0.3) is 11.8 Å². The summed E-state index contributed by atoms with van der Waals surface area (Å²) >= 11 is 0. The Morgan fingerprint density at radius 3 is 2.23 bits per heavy atom. The van der Waals surface area contributed by atoms with Crippen molar-refractivity contribution >= 4 is 23.5 Å². The number of carbonyl (C=O) groups excluding carboxylic acids is 3. The average Bonchev–Trinajstić information content (AvgIpc) is 3.10. The van der Waals surface area contributed by atoms with Gasteiger partial charge in [-0.1, -0.05) is 24.3 Å². The van der Waals surface area contributed by atoms with E-state index >= 15 is 0 Å². The third kappa shape index (κ3) is 5.27. The summed E-state index contributed by atoms with van der Waals surface area (Å²) in [6.45, 7) is 5.78. The summed E-state index contributed by atoms with van der Waals surface area (Å²) in [5.41, 5.74) is 13.1. The number of aromatic nitrogens is 2. The van der Waals surface area contributed by atoms with E-state index in [9.17, 15) is 14.4 Å². The van der Waals surface area contributed by atoms with Crippen molar-refractivity contribution in [1.82, 2.24) is 15.1 Å². The van der Waals surface area contributed by atoms with Gasteiger partial charge in [0, 0.05) is 11.1 Å². The van der Waals surface area contributed by atoms with Crippen LogP contribution in [0.4, 0.5) is 10.5 Å². The molecule has 0 unspecified atom stereocenters. The van der Waals surface area contributed by atoms with E-state index in [1.807, 2.05) is 51.1 Å². The number of benzene rings is 2. The molecule has 0 spiro atoms. The summed E-state index contributed by atoms with van der Waals surface area (Å²) in [6.07, 6.45) is 1.46. The highest BCUT2D eigenvalue weighted by molar-refractivity contribution is 6.00. The van der Waals surface area contributed by atoms with Crippen LogP contribution >= 0.6 is 0 Å². The van der Waals surface area contributed by atoms with Crippen LogP contribution in [0.1, 0.15) is 41.6 Å². The first-order chi connectivity index (χ1) is 14.5. The third-order valence-corrected chi connectivity index (χ3v) is 4.28. The first kappa shape index (κ1) is 21.6. The van der Waals surface area contributed by atoms with Gasteiger partial charge in [-0.2, -0.15) is 5.10 Å². The van der Waals surface area contributed by atoms with E-state index in [1.54, 1.807) is 18.2 Å². The molecule has 6 N–H and O–H groups in total. The Balaban J connectivity index is 1.87. The van der Waals surface area contributed by atoms with Gasteiger partial charge in [-0.25, -0.2) is 9.48 Å². The fraction of sp³-hybridized carbons (Fsp3) is 0.182. The monoisotopic (exact) mass is 420 g/mol. The van der Waals surface area contributed by atoms with Crippen molar-refractivity contribution in [2.45, 2.75) is 26.3 Å². The Kier molecular flexibility index (Phi) is 5.78. The molecule has 0 bridgehead atoms. The van der Waals surface area contributed by atoms with Crippen molar-refractivity contribution < 1.29 is 14.4 Å². The number of nitrogens with one attached hydrogen (secondary N) is 2. The van der Waals surface area contributed by atoms with E-state index < -0.39 is 11.9 Å². The summed E-state index contributed by atoms with van der Waals surface area (Å²) < 4.78 is 1.42. The highest BCUT2D eigenvalue weighted by Crippen LogP contribution is 2.24. The Labute approximate surface area is 179 Å². The zero-order valence-corrected chi connectivity index (χ0v) is 17.5. The quantitative estimate of drug-likeness (QED) is 0.503. The number of nitrogens with two attached hydrogens (primary N) is 2. The molecule has 0 saturated carbocycles. The van der Waals surface area contributed by atoms with Gasteiger partial charge in [0.05, 0.1) is 17.6 Å². The normalized spacial score (nSPS) is 11.1. The van der Waals surface area contributed by atoms with Gasteiger partial charge in [-0.3, -0.25) is 9.59 Å². The van der Waals surface area contributed by atoms with Crippen molar-refractivity contribution in [3.8, 4) is 16.8 Å². The smallest absolute Gasteiger partial charge is 0.316 e. The molecule has 3 rings (SSSR count). The lowest BCUT2D eigenvalue weighted by atomic mass is 10.0. The number of amides is 4. The average molecular weight is 420 g/mol. The zero-order chi connectivity index (χ0) is 22.8. The van der Waals surface area contributed by atoms with Crippen LogP contribution in [0.15, 0.2) is 54.7 Å². The molecule has 0 saturated heterocycles. The number of nitrogens with zero attached hydrogens (tertiary/aromatic N) is 2. The lowest BCUT2D eigenvalue weighted by Crippen LogP contribution is -2.40. The van der Waals surface area contributed by atoms with Crippen LogP contribution in [-0.4, -0.2) is 33.2 Å². The summed E-state index contributed by atoms with van der Waals surface area (Å²) in [6, 6.07) is 13.8. The van der Waals surface area contributed by atoms with E-state index in [2.05, 4.69) is 15.7 Å². The molecule has 0 aliphatic rings. The largest absolute Gasteiger partial charge is 0.364 e. The molecule has 4 amide bonds. The number of urea groups is 1. The molecule has 0 fully saturated rings. The molecule has 3 aromatic rings. The first-order valence-electron chi connectivity index (χ1n) is 9.53. The van der Waals surface area contributed by atoms with Gasteiger partial charge in [0.15, 0.2) is 5.69 Å². The van der Waals surface area contributed by atoms with Crippen LogP contribution in [-0.2, 0) is 0 Å². The van der Waals surface area contributed by atoms with Crippen molar-refractivity contribution in [3.63, 3.8) is 0 Å². The maximum atomic E-state index is 12.4. The summed E-state index contributed by atoms with van der Waals surface area (Å²) in [7, 11) is 0. The van der Waals surface area contributed by atoms with Crippen molar-refractivity contribution in [3.05, 3.63) is 66.0 Å². The van der Waals surface area contributed by atoms with Crippen LogP contribution in [0.25, 0.3) is 16.8 Å². The molecule has 160 valence electrons. The van der Waals surface area contributed by atoms with Gasteiger partial charge in [-0.15, -0.1) is 0 Å². The second-order valence-electron chi connectivity index (χ2n) is 8.02. The number of primary amides is 2. The van der Waals surface area contributed by atoms with E-state index in [4.69, 9.17) is 11.5 Å². The van der Waals surface area contributed by atoms with E-state index in [-0.39, 0.29) is 22.8 Å². The molecule has 9 nitrogen and oxygen atoms in total. The molecule has 9 heteroatoms. The zero-order valence-electron chi connectivity index (χ0n) is 17.5. The highest BCUT2D eigenvalue weighted by atomic mass is 16.2. The Bertz CT molecular complexity index is 1140. The molecule has 31 heavy (non-hydrogen) atoms. The maximum Gasteiger partial charge on any atom is 0.316 e. The van der Waals surface area contributed by atoms with E-state index in [0.717, 1.165) is 11.1 Å². The topological polar surface area (TPSA) is 145 Å². The van der Waals surface area contributed by atoms with E-state index in [1.165, 1.54) is 10.9 Å².